The molecule has 0 radical (unpaired) electrons. The van der Waals surface area contributed by atoms with Crippen LogP contribution >= 0.6 is 0 Å². The summed E-state index contributed by atoms with van der Waals surface area (Å²) < 4.78 is 10.8. The minimum absolute atomic E-state index is 0.0761. The van der Waals surface area contributed by atoms with Gasteiger partial charge in [-0.2, -0.15) is 0 Å². The molecule has 0 aliphatic carbocycles. The Kier molecular flexibility index (Phi) is 6.75. The van der Waals surface area contributed by atoms with Gasteiger partial charge in [-0.15, -0.1) is 0 Å². The summed E-state index contributed by atoms with van der Waals surface area (Å²) in [5, 5.41) is 5.93. The van der Waals surface area contributed by atoms with Gasteiger partial charge in [-0.25, -0.2) is 0 Å². The Morgan fingerprint density at radius 3 is 2.00 bits per heavy atom. The zero-order chi connectivity index (χ0) is 23.3. The molecule has 2 N–H and O–H groups in total. The van der Waals surface area contributed by atoms with Gasteiger partial charge in [-0.1, -0.05) is 29.8 Å². The number of amides is 2. The van der Waals surface area contributed by atoms with Crippen LogP contribution in [-0.4, -0.2) is 32.1 Å². The lowest BCUT2D eigenvalue weighted by Crippen LogP contribution is -2.44. The molecule has 3 aromatic rings. The zero-order valence-corrected chi connectivity index (χ0v) is 18.9. The van der Waals surface area contributed by atoms with Crippen LogP contribution in [0, 0.1) is 6.92 Å². The van der Waals surface area contributed by atoms with E-state index in [-0.39, 0.29) is 11.8 Å². The van der Waals surface area contributed by atoms with Gasteiger partial charge < -0.3 is 20.1 Å². The largest absolute Gasteiger partial charge is 0.497 e. The maximum Gasteiger partial charge on any atom is 0.255 e. The molecule has 33 heavy (non-hydrogen) atoms. The molecule has 1 heterocycles. The summed E-state index contributed by atoms with van der Waals surface area (Å²) in [5.41, 5.74) is 3.30. The third kappa shape index (κ3) is 5.07. The molecule has 0 spiro atoms. The highest BCUT2D eigenvalue weighted by Crippen LogP contribution is 2.37. The summed E-state index contributed by atoms with van der Waals surface area (Å²) in [4.78, 5) is 26.0. The van der Waals surface area contributed by atoms with Crippen LogP contribution in [0.1, 0.15) is 34.3 Å². The highest BCUT2D eigenvalue weighted by atomic mass is 16.5. The minimum Gasteiger partial charge on any atom is -0.497 e. The number of aryl methyl sites for hydroxylation is 1. The van der Waals surface area contributed by atoms with E-state index in [0.29, 0.717) is 37.3 Å². The van der Waals surface area contributed by atoms with Crippen LogP contribution in [-0.2, 0) is 14.9 Å². The Morgan fingerprint density at radius 2 is 1.39 bits per heavy atom. The Balaban J connectivity index is 1.48. The van der Waals surface area contributed by atoms with Gasteiger partial charge in [-0.05, 0) is 73.9 Å². The second-order valence-corrected chi connectivity index (χ2v) is 8.27. The molecule has 1 aliphatic rings. The van der Waals surface area contributed by atoms with Gasteiger partial charge in [0.25, 0.3) is 5.91 Å². The molecule has 6 nitrogen and oxygen atoms in total. The monoisotopic (exact) mass is 444 g/mol. The first kappa shape index (κ1) is 22.6. The number of benzene rings is 3. The van der Waals surface area contributed by atoms with E-state index in [2.05, 4.69) is 10.6 Å². The number of carbonyl (C=O) groups excluding carboxylic acids is 2. The first-order valence-corrected chi connectivity index (χ1v) is 11.0. The first-order valence-electron chi connectivity index (χ1n) is 11.0. The average molecular weight is 445 g/mol. The van der Waals surface area contributed by atoms with E-state index >= 15 is 0 Å². The number of hydrogen-bond donors (Lipinski definition) is 2. The van der Waals surface area contributed by atoms with Crippen LogP contribution in [0.3, 0.4) is 0 Å². The van der Waals surface area contributed by atoms with Gasteiger partial charge in [0.15, 0.2) is 0 Å². The van der Waals surface area contributed by atoms with Crippen LogP contribution in [0.15, 0.2) is 72.8 Å². The zero-order valence-electron chi connectivity index (χ0n) is 18.9. The van der Waals surface area contributed by atoms with Crippen molar-refractivity contribution in [2.45, 2.75) is 25.2 Å². The topological polar surface area (TPSA) is 76.7 Å². The van der Waals surface area contributed by atoms with Crippen molar-refractivity contribution in [2.75, 3.05) is 31.0 Å². The molecule has 4 rings (SSSR count). The average Bonchev–Trinajstić information content (AvgIpc) is 2.86. The Morgan fingerprint density at radius 1 is 0.818 bits per heavy atom. The SMILES string of the molecule is COc1ccc(C2(C(=O)Nc3ccc(C(=O)Nc4ccc(C)cc4)cc3)CCOCC2)cc1. The van der Waals surface area contributed by atoms with Gasteiger partial charge in [0.1, 0.15) is 5.75 Å². The van der Waals surface area contributed by atoms with Crippen LogP contribution in [0.4, 0.5) is 11.4 Å². The fourth-order valence-electron chi connectivity index (χ4n) is 4.07. The molecule has 6 heteroatoms. The Labute approximate surface area is 193 Å². The van der Waals surface area contributed by atoms with Gasteiger partial charge in [0, 0.05) is 30.2 Å². The number of anilines is 2. The first-order chi connectivity index (χ1) is 16.0. The minimum atomic E-state index is -0.675. The fraction of sp³-hybridized carbons (Fsp3) is 0.259. The van der Waals surface area contributed by atoms with Crippen molar-refractivity contribution >= 4 is 23.2 Å². The van der Waals surface area contributed by atoms with E-state index in [9.17, 15) is 9.59 Å². The number of nitrogens with one attached hydrogen (secondary N) is 2. The van der Waals surface area contributed by atoms with Crippen molar-refractivity contribution in [3.8, 4) is 5.75 Å². The van der Waals surface area contributed by atoms with Crippen molar-refractivity contribution in [3.05, 3.63) is 89.5 Å². The van der Waals surface area contributed by atoms with Crippen molar-refractivity contribution in [2.24, 2.45) is 0 Å². The molecule has 0 unspecified atom stereocenters. The molecule has 170 valence electrons. The summed E-state index contributed by atoms with van der Waals surface area (Å²) in [6.45, 7) is 3.05. The molecule has 1 aliphatic heterocycles. The number of methoxy groups -OCH3 is 1. The van der Waals surface area contributed by atoms with E-state index in [1.54, 1.807) is 31.4 Å². The summed E-state index contributed by atoms with van der Waals surface area (Å²) in [7, 11) is 1.62. The smallest absolute Gasteiger partial charge is 0.255 e. The number of ether oxygens (including phenoxy) is 2. The standard InChI is InChI=1S/C27H28N2O4/c1-19-3-9-22(10-4-19)28-25(30)20-5-11-23(12-6-20)29-26(31)27(15-17-33-18-16-27)21-7-13-24(32-2)14-8-21/h3-14H,15-18H2,1-2H3,(H,28,30)(H,29,31). The predicted octanol–water partition coefficient (Wildman–Crippen LogP) is 4.94. The van der Waals surface area contributed by atoms with Crippen LogP contribution in [0.5, 0.6) is 5.75 Å². The van der Waals surface area contributed by atoms with Crippen molar-refractivity contribution in [3.63, 3.8) is 0 Å². The maximum atomic E-state index is 13.5. The second kappa shape index (κ2) is 9.88. The van der Waals surface area contributed by atoms with Crippen molar-refractivity contribution < 1.29 is 19.1 Å². The maximum absolute atomic E-state index is 13.5. The lowest BCUT2D eigenvalue weighted by Gasteiger charge is -2.36. The molecule has 0 aromatic heterocycles. The molecule has 3 aromatic carbocycles. The molecule has 0 bridgehead atoms. The molecule has 0 atom stereocenters. The highest BCUT2D eigenvalue weighted by Gasteiger charge is 2.41. The van der Waals surface area contributed by atoms with E-state index in [1.165, 1.54) is 0 Å². The second-order valence-electron chi connectivity index (χ2n) is 8.27. The van der Waals surface area contributed by atoms with Crippen LogP contribution in [0.25, 0.3) is 0 Å². The normalized spacial score (nSPS) is 14.8. The van der Waals surface area contributed by atoms with Gasteiger partial charge in [-0.3, -0.25) is 9.59 Å². The number of carbonyl (C=O) groups is 2. The van der Waals surface area contributed by atoms with E-state index in [4.69, 9.17) is 9.47 Å². The molecule has 2 amide bonds. The van der Waals surface area contributed by atoms with Crippen molar-refractivity contribution in [1.29, 1.82) is 0 Å². The highest BCUT2D eigenvalue weighted by molar-refractivity contribution is 6.05. The summed E-state index contributed by atoms with van der Waals surface area (Å²) >= 11 is 0. The lowest BCUT2D eigenvalue weighted by atomic mass is 9.73. The quantitative estimate of drug-likeness (QED) is 0.564. The molecule has 0 saturated carbocycles. The van der Waals surface area contributed by atoms with Crippen LogP contribution < -0.4 is 15.4 Å². The van der Waals surface area contributed by atoms with E-state index in [0.717, 1.165) is 22.6 Å². The third-order valence-electron chi connectivity index (χ3n) is 6.14. The molecular formula is C27H28N2O4. The number of rotatable bonds is 6. The summed E-state index contributed by atoms with van der Waals surface area (Å²) in [6.07, 6.45) is 1.20. The van der Waals surface area contributed by atoms with E-state index in [1.807, 2.05) is 55.5 Å². The molecule has 1 saturated heterocycles. The predicted molar refractivity (Wildman–Crippen MR) is 129 cm³/mol. The van der Waals surface area contributed by atoms with Gasteiger partial charge in [0.2, 0.25) is 5.91 Å². The fourth-order valence-corrected chi connectivity index (χ4v) is 4.07. The lowest BCUT2D eigenvalue weighted by molar-refractivity contribution is -0.125. The third-order valence-corrected chi connectivity index (χ3v) is 6.14. The van der Waals surface area contributed by atoms with Crippen LogP contribution in [0.2, 0.25) is 0 Å². The Hall–Kier alpha value is -3.64. The Bertz CT molecular complexity index is 1100. The molecular weight excluding hydrogens is 416 g/mol. The van der Waals surface area contributed by atoms with Gasteiger partial charge in [0.05, 0.1) is 12.5 Å². The number of hydrogen-bond acceptors (Lipinski definition) is 4. The van der Waals surface area contributed by atoms with Gasteiger partial charge >= 0.3 is 0 Å². The summed E-state index contributed by atoms with van der Waals surface area (Å²) in [6, 6.07) is 22.2. The van der Waals surface area contributed by atoms with E-state index < -0.39 is 5.41 Å². The van der Waals surface area contributed by atoms with Crippen molar-refractivity contribution in [1.82, 2.24) is 0 Å². The molecule has 1 fully saturated rings. The summed E-state index contributed by atoms with van der Waals surface area (Å²) in [5.74, 6) is 0.476.